The van der Waals surface area contributed by atoms with Gasteiger partial charge in [0.1, 0.15) is 0 Å². The van der Waals surface area contributed by atoms with Gasteiger partial charge in [-0.1, -0.05) is 36.4 Å². The molecule has 1 aliphatic rings. The van der Waals surface area contributed by atoms with Crippen LogP contribution < -0.4 is 20.5 Å². The quantitative estimate of drug-likeness (QED) is 0.806. The smallest absolute Gasteiger partial charge is 0.231 e. The minimum Gasteiger partial charge on any atom is -0.454 e. The predicted octanol–water partition coefficient (Wildman–Crippen LogP) is 1.93. The zero-order valence-electron chi connectivity index (χ0n) is 13.7. The number of nitrogens with two attached hydrogens (primary N) is 1. The number of nitrogens with one attached hydrogen (secondary N) is 1. The zero-order chi connectivity index (χ0) is 17.6. The number of hydrogen-bond acceptors (Lipinski definition) is 4. The molecule has 0 fully saturated rings. The molecular formula is C19H20N2O4. The van der Waals surface area contributed by atoms with Gasteiger partial charge in [-0.2, -0.15) is 0 Å². The number of amides is 2. The molecule has 6 heteroatoms. The summed E-state index contributed by atoms with van der Waals surface area (Å²) in [5, 5.41) is 2.74. The maximum absolute atomic E-state index is 12.3. The molecule has 0 saturated heterocycles. The number of rotatable bonds is 7. The highest BCUT2D eigenvalue weighted by Crippen LogP contribution is 2.37. The number of primary amides is 1. The Bertz CT molecular complexity index is 761. The molecule has 2 amide bonds. The van der Waals surface area contributed by atoms with Gasteiger partial charge in [-0.05, 0) is 23.3 Å². The Kier molecular flexibility index (Phi) is 5.18. The Labute approximate surface area is 145 Å². The van der Waals surface area contributed by atoms with Crippen LogP contribution in [0.5, 0.6) is 11.5 Å². The molecule has 3 rings (SSSR count). The Balaban J connectivity index is 1.79. The van der Waals surface area contributed by atoms with E-state index in [0.717, 1.165) is 11.1 Å². The van der Waals surface area contributed by atoms with Crippen molar-refractivity contribution < 1.29 is 19.1 Å². The van der Waals surface area contributed by atoms with Crippen molar-refractivity contribution in [3.05, 3.63) is 59.7 Å². The molecule has 0 aliphatic carbocycles. The summed E-state index contributed by atoms with van der Waals surface area (Å²) in [6, 6.07) is 15.5. The van der Waals surface area contributed by atoms with Gasteiger partial charge in [-0.3, -0.25) is 9.59 Å². The van der Waals surface area contributed by atoms with E-state index in [0.29, 0.717) is 11.5 Å². The third kappa shape index (κ3) is 4.29. The predicted molar refractivity (Wildman–Crippen MR) is 92.3 cm³/mol. The maximum Gasteiger partial charge on any atom is 0.231 e. The van der Waals surface area contributed by atoms with Crippen LogP contribution in [0.3, 0.4) is 0 Å². The van der Waals surface area contributed by atoms with Crippen LogP contribution in [0.15, 0.2) is 48.5 Å². The number of carbonyl (C=O) groups is 2. The van der Waals surface area contributed by atoms with Crippen molar-refractivity contribution >= 4 is 11.8 Å². The fourth-order valence-electron chi connectivity index (χ4n) is 2.83. The van der Waals surface area contributed by atoms with E-state index in [4.69, 9.17) is 15.2 Å². The molecule has 6 nitrogen and oxygen atoms in total. The molecule has 3 N–H and O–H groups in total. The van der Waals surface area contributed by atoms with Crippen LogP contribution in [-0.2, 0) is 9.59 Å². The van der Waals surface area contributed by atoms with Crippen molar-refractivity contribution in [2.45, 2.75) is 18.8 Å². The molecule has 1 atom stereocenters. The molecule has 2 aromatic rings. The molecule has 0 radical (unpaired) electrons. The lowest BCUT2D eigenvalue weighted by Crippen LogP contribution is -2.29. The van der Waals surface area contributed by atoms with Crippen LogP contribution in [0.2, 0.25) is 0 Å². The topological polar surface area (TPSA) is 90.7 Å². The van der Waals surface area contributed by atoms with Gasteiger partial charge in [-0.25, -0.2) is 0 Å². The first-order valence-electron chi connectivity index (χ1n) is 8.13. The minimum absolute atomic E-state index is 0.121. The van der Waals surface area contributed by atoms with Crippen LogP contribution >= 0.6 is 0 Å². The van der Waals surface area contributed by atoms with Gasteiger partial charge in [0, 0.05) is 25.3 Å². The molecule has 1 aliphatic heterocycles. The second kappa shape index (κ2) is 7.70. The molecular weight excluding hydrogens is 320 g/mol. The number of ether oxygens (including phenoxy) is 2. The fourth-order valence-corrected chi connectivity index (χ4v) is 2.83. The lowest BCUT2D eigenvalue weighted by atomic mass is 9.88. The Morgan fingerprint density at radius 3 is 2.56 bits per heavy atom. The van der Waals surface area contributed by atoms with Gasteiger partial charge < -0.3 is 20.5 Å². The van der Waals surface area contributed by atoms with E-state index < -0.39 is 5.91 Å². The highest BCUT2D eigenvalue weighted by Gasteiger charge is 2.21. The SMILES string of the molecule is NC(=O)CCNC(=O)C[C@H](c1ccccc1)c1ccc2c(c1)OCO2. The zero-order valence-corrected chi connectivity index (χ0v) is 13.7. The highest BCUT2D eigenvalue weighted by molar-refractivity contribution is 5.79. The Morgan fingerprint density at radius 1 is 1.04 bits per heavy atom. The second-order valence-corrected chi connectivity index (χ2v) is 5.85. The van der Waals surface area contributed by atoms with E-state index in [1.54, 1.807) is 0 Å². The first-order chi connectivity index (χ1) is 12.1. The van der Waals surface area contributed by atoms with Gasteiger partial charge >= 0.3 is 0 Å². The summed E-state index contributed by atoms with van der Waals surface area (Å²) < 4.78 is 10.8. The minimum atomic E-state index is -0.435. The molecule has 25 heavy (non-hydrogen) atoms. The van der Waals surface area contributed by atoms with Gasteiger partial charge in [0.05, 0.1) is 0 Å². The molecule has 0 unspecified atom stereocenters. The van der Waals surface area contributed by atoms with E-state index in [-0.39, 0.29) is 38.0 Å². The number of benzene rings is 2. The average molecular weight is 340 g/mol. The van der Waals surface area contributed by atoms with E-state index in [1.165, 1.54) is 0 Å². The van der Waals surface area contributed by atoms with Crippen molar-refractivity contribution in [3.8, 4) is 11.5 Å². The molecule has 0 spiro atoms. The number of carbonyl (C=O) groups excluding carboxylic acids is 2. The van der Waals surface area contributed by atoms with Gasteiger partial charge in [0.15, 0.2) is 11.5 Å². The maximum atomic E-state index is 12.3. The number of hydrogen-bond donors (Lipinski definition) is 2. The normalized spacial score (nSPS) is 13.3. The van der Waals surface area contributed by atoms with Gasteiger partial charge in [0.2, 0.25) is 18.6 Å². The monoisotopic (exact) mass is 340 g/mol. The van der Waals surface area contributed by atoms with E-state index in [9.17, 15) is 9.59 Å². The molecule has 130 valence electrons. The summed E-state index contributed by atoms with van der Waals surface area (Å²) in [5.41, 5.74) is 7.10. The summed E-state index contributed by atoms with van der Waals surface area (Å²) in [7, 11) is 0. The van der Waals surface area contributed by atoms with Gasteiger partial charge in [0.25, 0.3) is 0 Å². The Hall–Kier alpha value is -3.02. The molecule has 2 aromatic carbocycles. The van der Waals surface area contributed by atoms with Crippen LogP contribution in [0.1, 0.15) is 29.9 Å². The summed E-state index contributed by atoms with van der Waals surface area (Å²) >= 11 is 0. The van der Waals surface area contributed by atoms with Crippen LogP contribution in [-0.4, -0.2) is 25.2 Å². The van der Waals surface area contributed by atoms with Crippen molar-refractivity contribution in [2.75, 3.05) is 13.3 Å². The van der Waals surface area contributed by atoms with Crippen LogP contribution in [0.4, 0.5) is 0 Å². The Morgan fingerprint density at radius 2 is 1.80 bits per heavy atom. The first kappa shape index (κ1) is 16.8. The fraction of sp³-hybridized carbons (Fsp3) is 0.263. The molecule has 0 bridgehead atoms. The van der Waals surface area contributed by atoms with E-state index in [1.807, 2.05) is 48.5 Å². The summed E-state index contributed by atoms with van der Waals surface area (Å²) in [6.07, 6.45) is 0.397. The third-order valence-corrected chi connectivity index (χ3v) is 4.08. The lowest BCUT2D eigenvalue weighted by molar-refractivity contribution is -0.121. The van der Waals surface area contributed by atoms with Crippen LogP contribution in [0.25, 0.3) is 0 Å². The molecule has 1 heterocycles. The van der Waals surface area contributed by atoms with Crippen molar-refractivity contribution in [2.24, 2.45) is 5.73 Å². The van der Waals surface area contributed by atoms with Crippen molar-refractivity contribution in [1.82, 2.24) is 5.32 Å². The van der Waals surface area contributed by atoms with E-state index in [2.05, 4.69) is 5.32 Å². The highest BCUT2D eigenvalue weighted by atomic mass is 16.7. The van der Waals surface area contributed by atoms with Gasteiger partial charge in [-0.15, -0.1) is 0 Å². The largest absolute Gasteiger partial charge is 0.454 e. The summed E-state index contributed by atoms with van der Waals surface area (Å²) in [5.74, 6) is 0.710. The first-order valence-corrected chi connectivity index (χ1v) is 8.13. The second-order valence-electron chi connectivity index (χ2n) is 5.85. The number of fused-ring (bicyclic) bond motifs is 1. The molecule has 0 aromatic heterocycles. The molecule has 0 saturated carbocycles. The summed E-state index contributed by atoms with van der Waals surface area (Å²) in [4.78, 5) is 23.1. The van der Waals surface area contributed by atoms with Crippen molar-refractivity contribution in [1.29, 1.82) is 0 Å². The van der Waals surface area contributed by atoms with Crippen molar-refractivity contribution in [3.63, 3.8) is 0 Å². The third-order valence-electron chi connectivity index (χ3n) is 4.08. The van der Waals surface area contributed by atoms with Crippen LogP contribution in [0, 0.1) is 0 Å². The van der Waals surface area contributed by atoms with E-state index >= 15 is 0 Å². The standard InChI is InChI=1S/C19H20N2O4/c20-18(22)8-9-21-19(23)11-15(13-4-2-1-3-5-13)14-6-7-16-17(10-14)25-12-24-16/h1-7,10,15H,8-9,11-12H2,(H2,20,22)(H,21,23)/t15-/m1/s1. The lowest BCUT2D eigenvalue weighted by Gasteiger charge is -2.18. The average Bonchev–Trinajstić information content (AvgIpc) is 3.08. The summed E-state index contributed by atoms with van der Waals surface area (Å²) in [6.45, 7) is 0.458.